The molecule has 2 aromatic rings. The van der Waals surface area contributed by atoms with Crippen LogP contribution in [-0.4, -0.2) is 27.0 Å². The summed E-state index contributed by atoms with van der Waals surface area (Å²) >= 11 is 0. The molecule has 0 aliphatic heterocycles. The maximum absolute atomic E-state index is 12.8. The largest absolute Gasteiger partial charge is 0.479 e. The Hall–Kier alpha value is -2.37. The van der Waals surface area contributed by atoms with Crippen molar-refractivity contribution in [2.45, 2.75) is 19.4 Å². The zero-order valence-corrected chi connectivity index (χ0v) is 10.3. The summed E-state index contributed by atoms with van der Waals surface area (Å²) in [6, 6.07) is 5.79. The zero-order valence-electron chi connectivity index (χ0n) is 10.3. The highest BCUT2D eigenvalue weighted by Gasteiger charge is 2.17. The molecule has 0 bridgehead atoms. The van der Waals surface area contributed by atoms with Crippen LogP contribution in [0.15, 0.2) is 36.7 Å². The fourth-order valence-electron chi connectivity index (χ4n) is 1.57. The van der Waals surface area contributed by atoms with E-state index >= 15 is 0 Å². The third kappa shape index (κ3) is 3.09. The molecule has 0 amide bonds. The first-order valence-corrected chi connectivity index (χ1v) is 5.80. The van der Waals surface area contributed by atoms with Gasteiger partial charge in [-0.15, -0.1) is 0 Å². The molecule has 5 nitrogen and oxygen atoms in total. The van der Waals surface area contributed by atoms with Crippen molar-refractivity contribution in [2.24, 2.45) is 0 Å². The summed E-state index contributed by atoms with van der Waals surface area (Å²) in [6.07, 6.45) is 2.44. The van der Waals surface area contributed by atoms with Crippen molar-refractivity contribution in [1.82, 2.24) is 9.78 Å². The van der Waals surface area contributed by atoms with E-state index in [-0.39, 0.29) is 5.82 Å². The van der Waals surface area contributed by atoms with Gasteiger partial charge in [-0.1, -0.05) is 6.92 Å². The summed E-state index contributed by atoms with van der Waals surface area (Å²) in [7, 11) is 0. The SMILES string of the molecule is CCC(Oc1cnn(-c2ccc(F)cc2)c1)C(=O)O. The number of ether oxygens (including phenoxy) is 1. The highest BCUT2D eigenvalue weighted by molar-refractivity contribution is 5.72. The van der Waals surface area contributed by atoms with Crippen molar-refractivity contribution in [1.29, 1.82) is 0 Å². The van der Waals surface area contributed by atoms with Crippen LogP contribution in [0, 0.1) is 5.82 Å². The number of rotatable bonds is 5. The lowest BCUT2D eigenvalue weighted by Crippen LogP contribution is -2.25. The van der Waals surface area contributed by atoms with Gasteiger partial charge in [-0.2, -0.15) is 5.10 Å². The minimum Gasteiger partial charge on any atom is -0.479 e. The predicted molar refractivity (Wildman–Crippen MR) is 65.9 cm³/mol. The summed E-state index contributed by atoms with van der Waals surface area (Å²) in [5.74, 6) is -0.986. The van der Waals surface area contributed by atoms with Crippen LogP contribution in [0.3, 0.4) is 0 Å². The summed E-state index contributed by atoms with van der Waals surface area (Å²) < 4.78 is 19.6. The van der Waals surface area contributed by atoms with Gasteiger partial charge in [0, 0.05) is 0 Å². The van der Waals surface area contributed by atoms with E-state index in [4.69, 9.17) is 9.84 Å². The Bertz CT molecular complexity index is 566. The number of aliphatic carboxylic acids is 1. The lowest BCUT2D eigenvalue weighted by Gasteiger charge is -2.10. The number of carboxylic acid groups (broad SMARTS) is 1. The monoisotopic (exact) mass is 264 g/mol. The maximum Gasteiger partial charge on any atom is 0.344 e. The van der Waals surface area contributed by atoms with Crippen molar-refractivity contribution < 1.29 is 19.0 Å². The second-order valence-electron chi connectivity index (χ2n) is 3.95. The number of benzene rings is 1. The van der Waals surface area contributed by atoms with E-state index in [9.17, 15) is 9.18 Å². The van der Waals surface area contributed by atoms with Crippen LogP contribution in [0.2, 0.25) is 0 Å². The molecule has 0 saturated carbocycles. The Morgan fingerprint density at radius 1 is 1.47 bits per heavy atom. The van der Waals surface area contributed by atoms with Gasteiger partial charge in [-0.25, -0.2) is 13.9 Å². The molecule has 0 spiro atoms. The van der Waals surface area contributed by atoms with E-state index in [0.717, 1.165) is 0 Å². The molecule has 0 aliphatic rings. The minimum absolute atomic E-state index is 0.329. The zero-order chi connectivity index (χ0) is 13.8. The second-order valence-corrected chi connectivity index (χ2v) is 3.95. The highest BCUT2D eigenvalue weighted by atomic mass is 19.1. The third-order valence-electron chi connectivity index (χ3n) is 2.57. The topological polar surface area (TPSA) is 64.4 Å². The molecule has 1 unspecified atom stereocenters. The van der Waals surface area contributed by atoms with Crippen LogP contribution in [0.25, 0.3) is 5.69 Å². The van der Waals surface area contributed by atoms with Crippen molar-refractivity contribution in [3.8, 4) is 11.4 Å². The summed E-state index contributed by atoms with van der Waals surface area (Å²) in [5.41, 5.74) is 0.666. The van der Waals surface area contributed by atoms with Gasteiger partial charge in [0.15, 0.2) is 11.9 Å². The average Bonchev–Trinajstić information content (AvgIpc) is 2.85. The summed E-state index contributed by atoms with van der Waals surface area (Å²) in [5, 5.41) is 12.9. The highest BCUT2D eigenvalue weighted by Crippen LogP contribution is 2.16. The number of nitrogens with zero attached hydrogens (tertiary/aromatic N) is 2. The van der Waals surface area contributed by atoms with Gasteiger partial charge >= 0.3 is 5.97 Å². The number of carboxylic acids is 1. The lowest BCUT2D eigenvalue weighted by atomic mass is 10.3. The van der Waals surface area contributed by atoms with Crippen molar-refractivity contribution in [3.05, 3.63) is 42.5 Å². The molecular weight excluding hydrogens is 251 g/mol. The standard InChI is InChI=1S/C13H13FN2O3/c1-2-12(13(17)18)19-11-7-15-16(8-11)10-5-3-9(14)4-6-10/h3-8,12H,2H2,1H3,(H,17,18). The van der Waals surface area contributed by atoms with Gasteiger partial charge in [-0.05, 0) is 30.7 Å². The Morgan fingerprint density at radius 3 is 2.74 bits per heavy atom. The van der Waals surface area contributed by atoms with Crippen LogP contribution in [-0.2, 0) is 4.79 Å². The van der Waals surface area contributed by atoms with Crippen molar-refractivity contribution in [3.63, 3.8) is 0 Å². The first-order chi connectivity index (χ1) is 9.10. The van der Waals surface area contributed by atoms with Crippen LogP contribution in [0.1, 0.15) is 13.3 Å². The number of halogens is 1. The van der Waals surface area contributed by atoms with E-state index in [1.165, 1.54) is 23.0 Å². The van der Waals surface area contributed by atoms with Gasteiger partial charge in [-0.3, -0.25) is 0 Å². The third-order valence-corrected chi connectivity index (χ3v) is 2.57. The number of hydrogen-bond donors (Lipinski definition) is 1. The molecule has 19 heavy (non-hydrogen) atoms. The van der Waals surface area contributed by atoms with Gasteiger partial charge in [0.1, 0.15) is 5.82 Å². The molecule has 1 aromatic carbocycles. The van der Waals surface area contributed by atoms with Gasteiger partial charge in [0.25, 0.3) is 0 Å². The fraction of sp³-hybridized carbons (Fsp3) is 0.231. The molecular formula is C13H13FN2O3. The molecule has 100 valence electrons. The number of hydrogen-bond acceptors (Lipinski definition) is 3. The molecule has 1 atom stereocenters. The van der Waals surface area contributed by atoms with Gasteiger partial charge in [0.05, 0.1) is 18.1 Å². The second kappa shape index (κ2) is 5.51. The van der Waals surface area contributed by atoms with E-state index < -0.39 is 12.1 Å². The lowest BCUT2D eigenvalue weighted by molar-refractivity contribution is -0.145. The van der Waals surface area contributed by atoms with E-state index in [0.29, 0.717) is 17.9 Å². The normalized spacial score (nSPS) is 12.1. The van der Waals surface area contributed by atoms with E-state index in [1.54, 1.807) is 25.3 Å². The molecule has 1 aromatic heterocycles. The summed E-state index contributed by atoms with van der Waals surface area (Å²) in [6.45, 7) is 1.73. The van der Waals surface area contributed by atoms with Crippen molar-refractivity contribution in [2.75, 3.05) is 0 Å². The Kier molecular flexibility index (Phi) is 3.79. The van der Waals surface area contributed by atoms with E-state index in [2.05, 4.69) is 5.10 Å². The Morgan fingerprint density at radius 2 is 2.16 bits per heavy atom. The maximum atomic E-state index is 12.8. The summed E-state index contributed by atoms with van der Waals surface area (Å²) in [4.78, 5) is 10.9. The molecule has 1 N–H and O–H groups in total. The van der Waals surface area contributed by atoms with Gasteiger partial charge in [0.2, 0.25) is 0 Å². The first-order valence-electron chi connectivity index (χ1n) is 5.80. The van der Waals surface area contributed by atoms with Crippen LogP contribution < -0.4 is 4.74 Å². The number of carbonyl (C=O) groups is 1. The molecule has 2 rings (SSSR count). The number of aromatic nitrogens is 2. The van der Waals surface area contributed by atoms with Crippen molar-refractivity contribution >= 4 is 5.97 Å². The average molecular weight is 264 g/mol. The fourth-order valence-corrected chi connectivity index (χ4v) is 1.57. The van der Waals surface area contributed by atoms with Crippen LogP contribution in [0.4, 0.5) is 4.39 Å². The van der Waals surface area contributed by atoms with Gasteiger partial charge < -0.3 is 9.84 Å². The molecule has 0 fully saturated rings. The van der Waals surface area contributed by atoms with Crippen LogP contribution in [0.5, 0.6) is 5.75 Å². The quantitative estimate of drug-likeness (QED) is 0.899. The molecule has 0 radical (unpaired) electrons. The Labute approximate surface area is 109 Å². The molecule has 6 heteroatoms. The first kappa shape index (κ1) is 13.1. The van der Waals surface area contributed by atoms with E-state index in [1.807, 2.05) is 0 Å². The smallest absolute Gasteiger partial charge is 0.344 e. The van der Waals surface area contributed by atoms with Crippen LogP contribution >= 0.6 is 0 Å². The Balaban J connectivity index is 2.15. The predicted octanol–water partition coefficient (Wildman–Crippen LogP) is 2.25. The molecule has 0 saturated heterocycles. The minimum atomic E-state index is -1.02. The molecule has 0 aliphatic carbocycles. The molecule has 1 heterocycles.